The summed E-state index contributed by atoms with van der Waals surface area (Å²) in [5.41, 5.74) is 0.866. The van der Waals surface area contributed by atoms with Gasteiger partial charge in [-0.15, -0.1) is 0 Å². The Morgan fingerprint density at radius 1 is 1.53 bits per heavy atom. The van der Waals surface area contributed by atoms with Crippen LogP contribution < -0.4 is 5.32 Å². The van der Waals surface area contributed by atoms with E-state index in [0.29, 0.717) is 17.1 Å². The Morgan fingerprint density at radius 3 is 3.11 bits per heavy atom. The van der Waals surface area contributed by atoms with Crippen molar-refractivity contribution in [2.75, 3.05) is 0 Å². The van der Waals surface area contributed by atoms with Crippen molar-refractivity contribution in [3.63, 3.8) is 0 Å². The number of hydrogen-bond donors (Lipinski definition) is 1. The maximum atomic E-state index is 14.1. The van der Waals surface area contributed by atoms with Gasteiger partial charge in [0.05, 0.1) is 30.3 Å². The van der Waals surface area contributed by atoms with Crippen LogP contribution in [0.25, 0.3) is 0 Å². The van der Waals surface area contributed by atoms with Gasteiger partial charge in [-0.2, -0.15) is 0 Å². The molecule has 3 nitrogen and oxygen atoms in total. The van der Waals surface area contributed by atoms with E-state index in [4.69, 9.17) is 12.2 Å². The molecule has 1 aromatic heterocycles. The van der Waals surface area contributed by atoms with Gasteiger partial charge in [0.2, 0.25) is 0 Å². The van der Waals surface area contributed by atoms with Crippen molar-refractivity contribution in [1.29, 1.82) is 0 Å². The Kier molecular flexibility index (Phi) is 2.94. The van der Waals surface area contributed by atoms with E-state index in [1.807, 2.05) is 11.5 Å². The van der Waals surface area contributed by atoms with Crippen LogP contribution in [0.15, 0.2) is 35.2 Å². The molecule has 1 aliphatic heterocycles. The molecular formula is C13H11BrFN3S. The second kappa shape index (κ2) is 4.38. The first-order valence-corrected chi connectivity index (χ1v) is 6.98. The number of imidazole rings is 1. The van der Waals surface area contributed by atoms with Gasteiger partial charge in [-0.05, 0) is 25.1 Å². The predicted octanol–water partition coefficient (Wildman–Crippen LogP) is 2.98. The number of rotatable bonds is 1. The van der Waals surface area contributed by atoms with Gasteiger partial charge in [0, 0.05) is 10.0 Å². The first kappa shape index (κ1) is 12.7. The molecular weight excluding hydrogens is 329 g/mol. The molecule has 2 aromatic rings. The average Bonchev–Trinajstić information content (AvgIpc) is 2.80. The van der Waals surface area contributed by atoms with E-state index < -0.39 is 5.54 Å². The van der Waals surface area contributed by atoms with Crippen molar-refractivity contribution in [2.24, 2.45) is 0 Å². The number of benzene rings is 1. The maximum Gasteiger partial charge on any atom is 0.128 e. The number of fused-ring (bicyclic) bond motifs is 1. The molecule has 1 atom stereocenters. The monoisotopic (exact) mass is 339 g/mol. The molecule has 6 heteroatoms. The maximum absolute atomic E-state index is 14.1. The summed E-state index contributed by atoms with van der Waals surface area (Å²) < 4.78 is 16.9. The molecule has 0 radical (unpaired) electrons. The number of thiocarbonyl (C=S) groups is 1. The molecule has 1 N–H and O–H groups in total. The summed E-state index contributed by atoms with van der Waals surface area (Å²) in [6.45, 7) is 2.52. The van der Waals surface area contributed by atoms with Crippen LogP contribution >= 0.6 is 28.1 Å². The summed E-state index contributed by atoms with van der Waals surface area (Å²) >= 11 is 8.71. The third kappa shape index (κ3) is 2.08. The van der Waals surface area contributed by atoms with Crippen LogP contribution in [0.3, 0.4) is 0 Å². The summed E-state index contributed by atoms with van der Waals surface area (Å²) in [7, 11) is 0. The number of nitrogens with zero attached hydrogens (tertiary/aromatic N) is 2. The Bertz CT molecular complexity index is 670. The highest BCUT2D eigenvalue weighted by atomic mass is 79.9. The SMILES string of the molecule is CC1(c2cc(Br)ccc2F)Cn2cncc2C(=S)N1. The first-order chi connectivity index (χ1) is 8.99. The standard InChI is InChI=1S/C13H11BrFN3S/c1-13(9-4-8(14)2-3-10(9)15)6-18-7-16-5-11(18)12(19)17-13/h2-5,7H,6H2,1H3,(H,17,19). The molecule has 0 saturated carbocycles. The summed E-state index contributed by atoms with van der Waals surface area (Å²) in [4.78, 5) is 4.67. The van der Waals surface area contributed by atoms with Crippen LogP contribution in [0, 0.1) is 5.82 Å². The minimum Gasteiger partial charge on any atom is -0.363 e. The molecule has 1 aromatic carbocycles. The Hall–Kier alpha value is -1.27. The highest BCUT2D eigenvalue weighted by molar-refractivity contribution is 9.10. The summed E-state index contributed by atoms with van der Waals surface area (Å²) in [5, 5.41) is 3.23. The number of hydrogen-bond acceptors (Lipinski definition) is 2. The highest BCUT2D eigenvalue weighted by Crippen LogP contribution is 2.31. The van der Waals surface area contributed by atoms with Gasteiger partial charge in [-0.1, -0.05) is 28.1 Å². The van der Waals surface area contributed by atoms with Gasteiger partial charge in [0.25, 0.3) is 0 Å². The molecule has 0 aliphatic carbocycles. The fourth-order valence-corrected chi connectivity index (χ4v) is 3.16. The lowest BCUT2D eigenvalue weighted by Gasteiger charge is -2.37. The molecule has 0 fully saturated rings. The van der Waals surface area contributed by atoms with Gasteiger partial charge >= 0.3 is 0 Å². The van der Waals surface area contributed by atoms with E-state index >= 15 is 0 Å². The minimum absolute atomic E-state index is 0.246. The summed E-state index contributed by atoms with van der Waals surface area (Å²) in [6, 6.07) is 4.93. The summed E-state index contributed by atoms with van der Waals surface area (Å²) in [5.74, 6) is -0.246. The van der Waals surface area contributed by atoms with Crippen LogP contribution in [-0.4, -0.2) is 14.5 Å². The quantitative estimate of drug-likeness (QED) is 0.810. The minimum atomic E-state index is -0.585. The average molecular weight is 340 g/mol. The normalized spacial score (nSPS) is 21.9. The fourth-order valence-electron chi connectivity index (χ4n) is 2.40. The topological polar surface area (TPSA) is 29.9 Å². The van der Waals surface area contributed by atoms with Gasteiger partial charge in [-0.25, -0.2) is 9.37 Å². The first-order valence-electron chi connectivity index (χ1n) is 5.78. The molecule has 19 heavy (non-hydrogen) atoms. The zero-order valence-corrected chi connectivity index (χ0v) is 12.6. The zero-order valence-electron chi connectivity index (χ0n) is 10.2. The molecule has 2 heterocycles. The number of halogens is 2. The third-order valence-electron chi connectivity index (χ3n) is 3.34. The largest absolute Gasteiger partial charge is 0.363 e. The Labute approximate surface area is 124 Å². The van der Waals surface area contributed by atoms with Gasteiger partial charge in [0.15, 0.2) is 0 Å². The number of nitrogens with one attached hydrogen (secondary N) is 1. The van der Waals surface area contributed by atoms with Crippen molar-refractivity contribution < 1.29 is 4.39 Å². The van der Waals surface area contributed by atoms with Crippen molar-refractivity contribution in [3.8, 4) is 0 Å². The highest BCUT2D eigenvalue weighted by Gasteiger charge is 2.35. The Morgan fingerprint density at radius 2 is 2.32 bits per heavy atom. The molecule has 1 aliphatic rings. The molecule has 0 bridgehead atoms. The van der Waals surface area contributed by atoms with Crippen LogP contribution in [0.1, 0.15) is 18.2 Å². The van der Waals surface area contributed by atoms with E-state index in [1.165, 1.54) is 6.07 Å². The van der Waals surface area contributed by atoms with Crippen molar-refractivity contribution in [2.45, 2.75) is 19.0 Å². The smallest absolute Gasteiger partial charge is 0.128 e. The molecule has 1 unspecified atom stereocenters. The molecule has 0 saturated heterocycles. The van der Waals surface area contributed by atoms with E-state index in [2.05, 4.69) is 26.2 Å². The summed E-state index contributed by atoms with van der Waals surface area (Å²) in [6.07, 6.45) is 3.43. The van der Waals surface area contributed by atoms with E-state index in [9.17, 15) is 4.39 Å². The van der Waals surface area contributed by atoms with E-state index in [1.54, 1.807) is 24.7 Å². The van der Waals surface area contributed by atoms with Crippen molar-refractivity contribution in [3.05, 3.63) is 52.3 Å². The molecule has 3 rings (SSSR count). The molecule has 0 amide bonds. The lowest BCUT2D eigenvalue weighted by atomic mass is 9.89. The lowest BCUT2D eigenvalue weighted by molar-refractivity contribution is 0.339. The Balaban J connectivity index is 2.10. The molecule has 98 valence electrons. The van der Waals surface area contributed by atoms with E-state index in [0.717, 1.165) is 10.2 Å². The van der Waals surface area contributed by atoms with Gasteiger partial charge in [-0.3, -0.25) is 0 Å². The van der Waals surface area contributed by atoms with Crippen LogP contribution in [0.2, 0.25) is 0 Å². The van der Waals surface area contributed by atoms with E-state index in [-0.39, 0.29) is 5.82 Å². The van der Waals surface area contributed by atoms with Crippen LogP contribution in [0.5, 0.6) is 0 Å². The van der Waals surface area contributed by atoms with Crippen molar-refractivity contribution >= 4 is 33.1 Å². The zero-order chi connectivity index (χ0) is 13.6. The number of aromatic nitrogens is 2. The second-order valence-corrected chi connectivity index (χ2v) is 6.14. The van der Waals surface area contributed by atoms with Gasteiger partial charge in [0.1, 0.15) is 10.8 Å². The molecule has 0 spiro atoms. The van der Waals surface area contributed by atoms with Crippen molar-refractivity contribution in [1.82, 2.24) is 14.9 Å². The van der Waals surface area contributed by atoms with Crippen LogP contribution in [-0.2, 0) is 12.1 Å². The predicted molar refractivity (Wildman–Crippen MR) is 78.5 cm³/mol. The second-order valence-electron chi connectivity index (χ2n) is 4.82. The van der Waals surface area contributed by atoms with Crippen LogP contribution in [0.4, 0.5) is 4.39 Å². The van der Waals surface area contributed by atoms with Gasteiger partial charge < -0.3 is 9.88 Å². The third-order valence-corrected chi connectivity index (χ3v) is 4.15. The lowest BCUT2D eigenvalue weighted by Crippen LogP contribution is -2.51. The fraction of sp³-hybridized carbons (Fsp3) is 0.231.